The molecule has 0 bridgehead atoms. The lowest BCUT2D eigenvalue weighted by Crippen LogP contribution is -2.41. The summed E-state index contributed by atoms with van der Waals surface area (Å²) in [6.45, 7) is 13.8. The van der Waals surface area contributed by atoms with Gasteiger partial charge in [0.1, 0.15) is 5.73 Å². The zero-order valence-electron chi connectivity index (χ0n) is 15.7. The van der Waals surface area contributed by atoms with Gasteiger partial charge < -0.3 is 9.31 Å². The van der Waals surface area contributed by atoms with Crippen LogP contribution < -0.4 is 0 Å². The Hall–Kier alpha value is -1.57. The van der Waals surface area contributed by atoms with Gasteiger partial charge in [-0.05, 0) is 72.2 Å². The molecule has 2 rings (SSSR count). The Bertz CT molecular complexity index is 669. The maximum Gasteiger partial charge on any atom is 0.525 e. The van der Waals surface area contributed by atoms with Crippen molar-refractivity contribution in [3.63, 3.8) is 0 Å². The van der Waals surface area contributed by atoms with Crippen LogP contribution in [0.2, 0.25) is 0 Å². The molecule has 1 fully saturated rings. The van der Waals surface area contributed by atoms with E-state index in [0.29, 0.717) is 0 Å². The Labute approximate surface area is 145 Å². The molecule has 0 aromatic heterocycles. The molecule has 1 aromatic carbocycles. The molecule has 1 heterocycles. The quantitative estimate of drug-likeness (QED) is 0.560. The number of hydrogen-bond donors (Lipinski definition) is 0. The van der Waals surface area contributed by atoms with Crippen LogP contribution >= 0.6 is 0 Å². The van der Waals surface area contributed by atoms with Gasteiger partial charge in [0.25, 0.3) is 0 Å². The third-order valence-corrected chi connectivity index (χ3v) is 4.28. The summed E-state index contributed by atoms with van der Waals surface area (Å²) < 4.78 is 25.9. The highest BCUT2D eigenvalue weighted by Crippen LogP contribution is 2.39. The van der Waals surface area contributed by atoms with Crippen molar-refractivity contribution in [3.05, 3.63) is 41.1 Å². The van der Waals surface area contributed by atoms with Crippen molar-refractivity contribution >= 4 is 13.2 Å². The highest BCUT2D eigenvalue weighted by atomic mass is 19.1. The Morgan fingerprint density at radius 2 is 1.54 bits per heavy atom. The van der Waals surface area contributed by atoms with Crippen LogP contribution in [0.1, 0.15) is 59.6 Å². The number of halogens is 1. The fourth-order valence-corrected chi connectivity index (χ4v) is 2.11. The molecule has 0 atom stereocenters. The molecular formula is C20H26BFO2. The molecule has 0 spiro atoms. The Balaban J connectivity index is 2.13. The standard InChI is InChI=1S/C20H26BFO2/c1-18(2,3)13-12-15-8-10-16(11-9-15)14-17(22)21-23-19(4,5)20(6,7)24-21/h8-11,14H,1-7H3. The predicted octanol–water partition coefficient (Wildman–Crippen LogP) is 5.03. The van der Waals surface area contributed by atoms with Gasteiger partial charge in [-0.3, -0.25) is 0 Å². The van der Waals surface area contributed by atoms with Crippen LogP contribution in [0.15, 0.2) is 30.0 Å². The van der Waals surface area contributed by atoms with Gasteiger partial charge in [0.15, 0.2) is 0 Å². The summed E-state index contributed by atoms with van der Waals surface area (Å²) in [4.78, 5) is 0. The number of benzene rings is 1. The van der Waals surface area contributed by atoms with Crippen molar-refractivity contribution in [1.29, 1.82) is 0 Å². The molecule has 0 aliphatic carbocycles. The second kappa shape index (κ2) is 6.39. The van der Waals surface area contributed by atoms with Crippen molar-refractivity contribution in [2.75, 3.05) is 0 Å². The van der Waals surface area contributed by atoms with E-state index < -0.39 is 24.0 Å². The smallest absolute Gasteiger partial charge is 0.398 e. The summed E-state index contributed by atoms with van der Waals surface area (Å²) in [5, 5.41) is 0. The van der Waals surface area contributed by atoms with Gasteiger partial charge in [0.05, 0.1) is 11.2 Å². The minimum atomic E-state index is -0.963. The maximum absolute atomic E-state index is 14.5. The van der Waals surface area contributed by atoms with Crippen LogP contribution in [0.3, 0.4) is 0 Å². The van der Waals surface area contributed by atoms with Crippen molar-refractivity contribution in [3.8, 4) is 11.8 Å². The number of hydrogen-bond acceptors (Lipinski definition) is 2. The predicted molar refractivity (Wildman–Crippen MR) is 97.9 cm³/mol. The van der Waals surface area contributed by atoms with Gasteiger partial charge in [-0.1, -0.05) is 24.0 Å². The molecule has 0 amide bonds. The van der Waals surface area contributed by atoms with Crippen molar-refractivity contribution in [2.24, 2.45) is 5.41 Å². The van der Waals surface area contributed by atoms with Gasteiger partial charge in [-0.25, -0.2) is 4.39 Å². The first-order valence-corrected chi connectivity index (χ1v) is 8.26. The van der Waals surface area contributed by atoms with E-state index in [4.69, 9.17) is 9.31 Å². The maximum atomic E-state index is 14.5. The average Bonchev–Trinajstić information content (AvgIpc) is 2.66. The zero-order chi connectivity index (χ0) is 18.2. The van der Waals surface area contributed by atoms with Gasteiger partial charge in [-0.15, -0.1) is 0 Å². The number of rotatable bonds is 2. The molecule has 1 saturated heterocycles. The molecule has 0 saturated carbocycles. The molecule has 1 aliphatic rings. The molecule has 24 heavy (non-hydrogen) atoms. The summed E-state index contributed by atoms with van der Waals surface area (Å²) in [5.41, 5.74) is 0.107. The highest BCUT2D eigenvalue weighted by Gasteiger charge is 2.53. The topological polar surface area (TPSA) is 18.5 Å². The fraction of sp³-hybridized carbons (Fsp3) is 0.500. The normalized spacial score (nSPS) is 19.8. The van der Waals surface area contributed by atoms with Gasteiger partial charge in [-0.2, -0.15) is 0 Å². The van der Waals surface area contributed by atoms with Crippen molar-refractivity contribution < 1.29 is 13.7 Å². The second-order valence-electron chi connectivity index (χ2n) is 8.24. The SMILES string of the molecule is CC(C)(C)C#Cc1ccc(C=C(F)B2OC(C)(C)C(C)(C)O2)cc1. The van der Waals surface area contributed by atoms with Crippen LogP contribution in [0.25, 0.3) is 6.08 Å². The average molecular weight is 328 g/mol. The monoisotopic (exact) mass is 328 g/mol. The van der Waals surface area contributed by atoms with E-state index >= 15 is 0 Å². The Kier molecular flexibility index (Phi) is 5.00. The first-order chi connectivity index (χ1) is 10.9. The summed E-state index contributed by atoms with van der Waals surface area (Å²) in [6, 6.07) is 7.47. The lowest BCUT2D eigenvalue weighted by molar-refractivity contribution is 0.00578. The molecule has 128 valence electrons. The Morgan fingerprint density at radius 3 is 2.00 bits per heavy atom. The first-order valence-electron chi connectivity index (χ1n) is 8.26. The zero-order valence-corrected chi connectivity index (χ0v) is 15.7. The van der Waals surface area contributed by atoms with E-state index in [1.165, 1.54) is 6.08 Å². The minimum Gasteiger partial charge on any atom is -0.398 e. The molecule has 0 N–H and O–H groups in total. The van der Waals surface area contributed by atoms with E-state index in [1.54, 1.807) is 0 Å². The van der Waals surface area contributed by atoms with Crippen molar-refractivity contribution in [2.45, 2.75) is 59.7 Å². The molecule has 1 aliphatic heterocycles. The summed E-state index contributed by atoms with van der Waals surface area (Å²) in [5.74, 6) is 6.31. The molecule has 1 aromatic rings. The highest BCUT2D eigenvalue weighted by molar-refractivity contribution is 6.54. The second-order valence-corrected chi connectivity index (χ2v) is 8.24. The molecule has 4 heteroatoms. The van der Waals surface area contributed by atoms with E-state index in [9.17, 15) is 4.39 Å². The van der Waals surface area contributed by atoms with Crippen LogP contribution in [0.4, 0.5) is 4.39 Å². The molecule has 2 nitrogen and oxygen atoms in total. The summed E-state index contributed by atoms with van der Waals surface area (Å²) in [7, 11) is -0.963. The summed E-state index contributed by atoms with van der Waals surface area (Å²) >= 11 is 0. The van der Waals surface area contributed by atoms with Gasteiger partial charge in [0, 0.05) is 11.0 Å². The van der Waals surface area contributed by atoms with Gasteiger partial charge in [0.2, 0.25) is 0 Å². The molecular weight excluding hydrogens is 302 g/mol. The van der Waals surface area contributed by atoms with E-state index in [2.05, 4.69) is 32.6 Å². The molecule has 0 radical (unpaired) electrons. The molecule has 0 unspecified atom stereocenters. The summed E-state index contributed by atoms with van der Waals surface area (Å²) in [6.07, 6.45) is 1.45. The van der Waals surface area contributed by atoms with E-state index in [1.807, 2.05) is 52.0 Å². The van der Waals surface area contributed by atoms with Crippen molar-refractivity contribution in [1.82, 2.24) is 0 Å². The van der Waals surface area contributed by atoms with Crippen LogP contribution in [-0.4, -0.2) is 18.3 Å². The first kappa shape index (κ1) is 18.8. The lowest BCUT2D eigenvalue weighted by Gasteiger charge is -2.32. The third-order valence-electron chi connectivity index (χ3n) is 4.28. The van der Waals surface area contributed by atoms with Crippen LogP contribution in [0, 0.1) is 17.3 Å². The van der Waals surface area contributed by atoms with E-state index in [0.717, 1.165) is 11.1 Å². The minimum absolute atomic E-state index is 0.0402. The van der Waals surface area contributed by atoms with Crippen LogP contribution in [-0.2, 0) is 9.31 Å². The van der Waals surface area contributed by atoms with Gasteiger partial charge >= 0.3 is 7.12 Å². The third kappa shape index (κ3) is 4.50. The Morgan fingerprint density at radius 1 is 1.04 bits per heavy atom. The van der Waals surface area contributed by atoms with E-state index in [-0.39, 0.29) is 5.41 Å². The van der Waals surface area contributed by atoms with Crippen LogP contribution in [0.5, 0.6) is 0 Å². The fourth-order valence-electron chi connectivity index (χ4n) is 2.11. The largest absolute Gasteiger partial charge is 0.525 e. The lowest BCUT2D eigenvalue weighted by atomic mass is 9.87.